The van der Waals surface area contributed by atoms with Gasteiger partial charge in [-0.1, -0.05) is 35.9 Å². The van der Waals surface area contributed by atoms with Crippen LogP contribution in [0.5, 0.6) is 0 Å². The molecule has 1 heterocycles. The molecule has 3 aromatic rings. The third kappa shape index (κ3) is 3.53. The lowest BCUT2D eigenvalue weighted by Crippen LogP contribution is -1.99. The lowest BCUT2D eigenvalue weighted by Gasteiger charge is -2.09. The van der Waals surface area contributed by atoms with Crippen molar-refractivity contribution in [2.75, 3.05) is 5.32 Å². The van der Waals surface area contributed by atoms with E-state index >= 15 is 0 Å². The van der Waals surface area contributed by atoms with Crippen molar-refractivity contribution in [1.82, 2.24) is 9.97 Å². The summed E-state index contributed by atoms with van der Waals surface area (Å²) in [6.45, 7) is 0. The van der Waals surface area contributed by atoms with Crippen LogP contribution < -0.4 is 5.32 Å². The normalized spacial score (nSPS) is 10.5. The summed E-state index contributed by atoms with van der Waals surface area (Å²) >= 11 is 8.29. The summed E-state index contributed by atoms with van der Waals surface area (Å²) in [7, 11) is 0. The van der Waals surface area contributed by atoms with Crippen LogP contribution in [0.2, 0.25) is 5.15 Å². The number of anilines is 2. The molecule has 22 heavy (non-hydrogen) atoms. The topological polar surface area (TPSA) is 37.8 Å². The van der Waals surface area contributed by atoms with Gasteiger partial charge >= 0.3 is 0 Å². The molecule has 0 saturated heterocycles. The van der Waals surface area contributed by atoms with Gasteiger partial charge in [0, 0.05) is 15.2 Å². The van der Waals surface area contributed by atoms with E-state index < -0.39 is 0 Å². The summed E-state index contributed by atoms with van der Waals surface area (Å²) in [5, 5.41) is 3.50. The minimum atomic E-state index is -0.340. The van der Waals surface area contributed by atoms with E-state index in [2.05, 4.69) is 37.9 Å². The van der Waals surface area contributed by atoms with Gasteiger partial charge in [-0.15, -0.1) is 0 Å². The Morgan fingerprint density at radius 1 is 1.00 bits per heavy atom. The molecular formula is C16H10ClFIN3. The molecule has 0 amide bonds. The summed E-state index contributed by atoms with van der Waals surface area (Å²) in [6.07, 6.45) is 0. The van der Waals surface area contributed by atoms with E-state index in [9.17, 15) is 4.39 Å². The van der Waals surface area contributed by atoms with Crippen LogP contribution in [0.25, 0.3) is 11.4 Å². The number of rotatable bonds is 3. The molecule has 1 aromatic heterocycles. The third-order valence-electron chi connectivity index (χ3n) is 2.91. The van der Waals surface area contributed by atoms with Gasteiger partial charge in [-0.2, -0.15) is 0 Å². The van der Waals surface area contributed by atoms with Crippen LogP contribution in [0.15, 0.2) is 54.6 Å². The molecule has 0 aliphatic carbocycles. The molecule has 0 unspecified atom stereocenters. The largest absolute Gasteiger partial charge is 0.339 e. The maximum absolute atomic E-state index is 13.3. The van der Waals surface area contributed by atoms with Gasteiger partial charge in [0.25, 0.3) is 0 Å². The molecule has 0 saturated carbocycles. The number of hydrogen-bond donors (Lipinski definition) is 1. The monoisotopic (exact) mass is 425 g/mol. The average molecular weight is 426 g/mol. The number of para-hydroxylation sites is 1. The Bertz CT molecular complexity index is 826. The first kappa shape index (κ1) is 15.2. The molecule has 0 spiro atoms. The van der Waals surface area contributed by atoms with Gasteiger partial charge in [0.15, 0.2) is 5.82 Å². The standard InChI is InChI=1S/C16H10ClFIN3/c17-14-9-15(20-13-7-2-1-6-12(13)19)22-16(21-14)10-4-3-5-11(18)8-10/h1-9H,(H,20,21,22). The highest BCUT2D eigenvalue weighted by Crippen LogP contribution is 2.25. The van der Waals surface area contributed by atoms with Gasteiger partial charge in [-0.25, -0.2) is 14.4 Å². The lowest BCUT2D eigenvalue weighted by molar-refractivity contribution is 0.628. The Kier molecular flexibility index (Phi) is 4.54. The molecule has 2 aromatic carbocycles. The zero-order valence-corrected chi connectivity index (χ0v) is 14.1. The van der Waals surface area contributed by atoms with Gasteiger partial charge in [-0.3, -0.25) is 0 Å². The Labute approximate surface area is 145 Å². The minimum Gasteiger partial charge on any atom is -0.339 e. The number of nitrogens with one attached hydrogen (secondary N) is 1. The molecule has 0 bridgehead atoms. The zero-order valence-electron chi connectivity index (χ0n) is 11.2. The summed E-state index contributed by atoms with van der Waals surface area (Å²) in [6, 6.07) is 15.6. The van der Waals surface area contributed by atoms with Crippen LogP contribution >= 0.6 is 34.2 Å². The summed E-state index contributed by atoms with van der Waals surface area (Å²) in [4.78, 5) is 8.56. The van der Waals surface area contributed by atoms with Crippen molar-refractivity contribution in [3.8, 4) is 11.4 Å². The van der Waals surface area contributed by atoms with Crippen LogP contribution in [-0.4, -0.2) is 9.97 Å². The fraction of sp³-hybridized carbons (Fsp3) is 0. The molecule has 3 rings (SSSR count). The smallest absolute Gasteiger partial charge is 0.163 e. The van der Waals surface area contributed by atoms with E-state index in [1.165, 1.54) is 12.1 Å². The van der Waals surface area contributed by atoms with E-state index in [-0.39, 0.29) is 5.82 Å². The van der Waals surface area contributed by atoms with Crippen molar-refractivity contribution in [3.63, 3.8) is 0 Å². The van der Waals surface area contributed by atoms with E-state index in [0.29, 0.717) is 22.4 Å². The molecule has 110 valence electrons. The quantitative estimate of drug-likeness (QED) is 0.458. The highest BCUT2D eigenvalue weighted by molar-refractivity contribution is 14.1. The van der Waals surface area contributed by atoms with Crippen LogP contribution in [0.3, 0.4) is 0 Å². The molecule has 3 nitrogen and oxygen atoms in total. The molecule has 0 aliphatic rings. The second-order valence-electron chi connectivity index (χ2n) is 4.51. The van der Waals surface area contributed by atoms with Crippen LogP contribution in [0.4, 0.5) is 15.9 Å². The second-order valence-corrected chi connectivity index (χ2v) is 6.06. The molecule has 0 aliphatic heterocycles. The Hall–Kier alpha value is -1.73. The van der Waals surface area contributed by atoms with E-state index in [1.807, 2.05) is 24.3 Å². The Morgan fingerprint density at radius 3 is 2.59 bits per heavy atom. The average Bonchev–Trinajstić information content (AvgIpc) is 2.49. The zero-order chi connectivity index (χ0) is 15.5. The van der Waals surface area contributed by atoms with Gasteiger partial charge in [0.2, 0.25) is 0 Å². The Morgan fingerprint density at radius 2 is 1.82 bits per heavy atom. The van der Waals surface area contributed by atoms with E-state index in [4.69, 9.17) is 11.6 Å². The van der Waals surface area contributed by atoms with E-state index in [0.717, 1.165) is 9.26 Å². The lowest BCUT2D eigenvalue weighted by atomic mass is 10.2. The maximum Gasteiger partial charge on any atom is 0.163 e. The highest BCUT2D eigenvalue weighted by Gasteiger charge is 2.08. The van der Waals surface area contributed by atoms with Crippen molar-refractivity contribution < 1.29 is 4.39 Å². The predicted octanol–water partition coefficient (Wildman–Crippen LogP) is 5.28. The Balaban J connectivity index is 1.98. The summed E-state index contributed by atoms with van der Waals surface area (Å²) in [5.74, 6) is 0.594. The third-order valence-corrected chi connectivity index (χ3v) is 4.05. The number of hydrogen-bond acceptors (Lipinski definition) is 3. The van der Waals surface area contributed by atoms with Gasteiger partial charge < -0.3 is 5.32 Å². The highest BCUT2D eigenvalue weighted by atomic mass is 127. The van der Waals surface area contributed by atoms with Crippen molar-refractivity contribution in [3.05, 3.63) is 69.1 Å². The van der Waals surface area contributed by atoms with E-state index in [1.54, 1.807) is 18.2 Å². The first-order chi connectivity index (χ1) is 10.6. The number of halogens is 3. The molecular weight excluding hydrogens is 416 g/mol. The van der Waals surface area contributed by atoms with Gasteiger partial charge in [0.1, 0.15) is 16.8 Å². The molecule has 6 heteroatoms. The second kappa shape index (κ2) is 6.58. The van der Waals surface area contributed by atoms with Crippen molar-refractivity contribution in [2.24, 2.45) is 0 Å². The fourth-order valence-electron chi connectivity index (χ4n) is 1.94. The van der Waals surface area contributed by atoms with Crippen molar-refractivity contribution in [2.45, 2.75) is 0 Å². The minimum absolute atomic E-state index is 0.294. The SMILES string of the molecule is Fc1cccc(-c2nc(Cl)cc(Nc3ccccc3I)n2)c1. The van der Waals surface area contributed by atoms with Gasteiger partial charge in [-0.05, 0) is 46.9 Å². The fourth-order valence-corrected chi connectivity index (χ4v) is 2.64. The molecule has 0 radical (unpaired) electrons. The number of nitrogens with zero attached hydrogens (tertiary/aromatic N) is 2. The van der Waals surface area contributed by atoms with Crippen LogP contribution in [0, 0.1) is 9.39 Å². The first-order valence-corrected chi connectivity index (χ1v) is 7.89. The summed E-state index contributed by atoms with van der Waals surface area (Å²) in [5.41, 5.74) is 1.50. The first-order valence-electron chi connectivity index (χ1n) is 6.44. The van der Waals surface area contributed by atoms with Crippen LogP contribution in [-0.2, 0) is 0 Å². The van der Waals surface area contributed by atoms with Crippen molar-refractivity contribution >= 4 is 45.7 Å². The molecule has 1 N–H and O–H groups in total. The van der Waals surface area contributed by atoms with Gasteiger partial charge in [0.05, 0.1) is 5.69 Å². The summed E-state index contributed by atoms with van der Waals surface area (Å²) < 4.78 is 14.4. The van der Waals surface area contributed by atoms with Crippen molar-refractivity contribution in [1.29, 1.82) is 0 Å². The number of benzene rings is 2. The molecule has 0 fully saturated rings. The maximum atomic E-state index is 13.3. The predicted molar refractivity (Wildman–Crippen MR) is 94.9 cm³/mol. The number of aromatic nitrogens is 2. The molecule has 0 atom stereocenters. The van der Waals surface area contributed by atoms with Crippen LogP contribution in [0.1, 0.15) is 0 Å².